The average molecular weight is 407 g/mol. The van der Waals surface area contributed by atoms with Crippen LogP contribution in [-0.4, -0.2) is 75.2 Å². The van der Waals surface area contributed by atoms with Crippen LogP contribution in [0.4, 0.5) is 10.2 Å². The molecule has 2 bridgehead atoms. The number of ether oxygens (including phenoxy) is 1. The average Bonchev–Trinajstić information content (AvgIpc) is 3.38. The number of piperidine rings is 1. The Morgan fingerprint density at radius 3 is 2.83 bits per heavy atom. The highest BCUT2D eigenvalue weighted by Crippen LogP contribution is 2.35. The van der Waals surface area contributed by atoms with Gasteiger partial charge in [0.2, 0.25) is 0 Å². The van der Waals surface area contributed by atoms with Gasteiger partial charge in [0, 0.05) is 42.5 Å². The predicted molar refractivity (Wildman–Crippen MR) is 112 cm³/mol. The monoisotopic (exact) mass is 407 g/mol. The lowest BCUT2D eigenvalue weighted by atomic mass is 9.88. The van der Waals surface area contributed by atoms with Crippen LogP contribution in [0.25, 0.3) is 27.7 Å². The third-order valence-electron chi connectivity index (χ3n) is 6.39. The molecule has 0 saturated carbocycles. The Labute approximate surface area is 172 Å². The summed E-state index contributed by atoms with van der Waals surface area (Å²) in [6, 6.07) is 7.35. The summed E-state index contributed by atoms with van der Waals surface area (Å²) in [5, 5.41) is 12.5. The molecule has 3 aliphatic heterocycles. The molecule has 4 aromatic rings. The smallest absolute Gasteiger partial charge is 0.178 e. The van der Waals surface area contributed by atoms with Crippen molar-refractivity contribution < 1.29 is 9.13 Å². The van der Waals surface area contributed by atoms with Gasteiger partial charge >= 0.3 is 0 Å². The minimum absolute atomic E-state index is 0.00850. The number of H-pyrrole nitrogens is 1. The van der Waals surface area contributed by atoms with Crippen LogP contribution in [-0.2, 0) is 0 Å². The van der Waals surface area contributed by atoms with Crippen LogP contribution in [0.2, 0.25) is 0 Å². The van der Waals surface area contributed by atoms with E-state index in [0.717, 1.165) is 40.9 Å². The number of hydrogen-bond acceptors (Lipinski definition) is 6. The maximum atomic E-state index is 12.6. The number of alkyl halides is 1. The Morgan fingerprint density at radius 1 is 1.23 bits per heavy atom. The molecule has 3 aliphatic rings. The summed E-state index contributed by atoms with van der Waals surface area (Å²) < 4.78 is 19.9. The zero-order valence-corrected chi connectivity index (χ0v) is 16.6. The fourth-order valence-electron chi connectivity index (χ4n) is 4.71. The van der Waals surface area contributed by atoms with Gasteiger partial charge in [0.1, 0.15) is 24.8 Å². The van der Waals surface area contributed by atoms with Crippen molar-refractivity contribution in [2.75, 3.05) is 38.3 Å². The largest absolute Gasteiger partial charge is 0.489 e. The molecule has 9 heteroatoms. The molecular weight excluding hydrogens is 385 g/mol. The van der Waals surface area contributed by atoms with Gasteiger partial charge in [-0.05, 0) is 31.7 Å². The molecule has 154 valence electrons. The molecule has 0 radical (unpaired) electrons. The summed E-state index contributed by atoms with van der Waals surface area (Å²) >= 11 is 0. The van der Waals surface area contributed by atoms with Gasteiger partial charge in [0.25, 0.3) is 0 Å². The number of aromatic nitrogens is 5. The molecule has 1 N–H and O–H groups in total. The van der Waals surface area contributed by atoms with Gasteiger partial charge in [-0.25, -0.2) is 13.9 Å². The van der Waals surface area contributed by atoms with Crippen LogP contribution in [0.5, 0.6) is 5.75 Å². The van der Waals surface area contributed by atoms with Crippen LogP contribution in [0.3, 0.4) is 0 Å². The summed E-state index contributed by atoms with van der Waals surface area (Å²) in [5.74, 6) is 1.57. The van der Waals surface area contributed by atoms with E-state index in [9.17, 15) is 4.39 Å². The van der Waals surface area contributed by atoms with E-state index >= 15 is 0 Å². The van der Waals surface area contributed by atoms with E-state index in [2.05, 4.69) is 44.3 Å². The quantitative estimate of drug-likeness (QED) is 0.548. The third-order valence-corrected chi connectivity index (χ3v) is 6.39. The minimum Gasteiger partial charge on any atom is -0.489 e. The molecule has 7 rings (SSSR count). The number of aromatic amines is 1. The Bertz CT molecular complexity index is 1210. The maximum absolute atomic E-state index is 12.6. The van der Waals surface area contributed by atoms with Crippen LogP contribution < -0.4 is 9.64 Å². The van der Waals surface area contributed by atoms with Crippen molar-refractivity contribution >= 4 is 22.4 Å². The van der Waals surface area contributed by atoms with E-state index in [0.29, 0.717) is 23.5 Å². The molecular formula is C21H22FN7O. The van der Waals surface area contributed by atoms with Gasteiger partial charge in [-0.15, -0.1) is 5.10 Å². The van der Waals surface area contributed by atoms with E-state index in [1.807, 2.05) is 12.3 Å². The topological polar surface area (TPSA) is 74.6 Å². The molecule has 2 atom stereocenters. The summed E-state index contributed by atoms with van der Waals surface area (Å²) in [6.07, 6.45) is 6.71. The van der Waals surface area contributed by atoms with Crippen molar-refractivity contribution in [3.05, 3.63) is 36.8 Å². The molecule has 30 heavy (non-hydrogen) atoms. The molecule has 3 fully saturated rings. The second-order valence-corrected chi connectivity index (χ2v) is 8.07. The predicted octanol–water partition coefficient (Wildman–Crippen LogP) is 2.51. The van der Waals surface area contributed by atoms with E-state index < -0.39 is 6.67 Å². The lowest BCUT2D eigenvalue weighted by Crippen LogP contribution is -2.67. The van der Waals surface area contributed by atoms with Crippen LogP contribution in [0, 0.1) is 0 Å². The lowest BCUT2D eigenvalue weighted by molar-refractivity contribution is 0.0261. The van der Waals surface area contributed by atoms with Gasteiger partial charge in [0.15, 0.2) is 5.65 Å². The molecule has 0 aromatic carbocycles. The van der Waals surface area contributed by atoms with E-state index in [-0.39, 0.29) is 6.61 Å². The molecule has 2 unspecified atom stereocenters. The number of nitrogens with one attached hydrogen (secondary N) is 1. The number of fused-ring (bicyclic) bond motifs is 5. The van der Waals surface area contributed by atoms with Gasteiger partial charge in [-0.1, -0.05) is 0 Å². The highest BCUT2D eigenvalue weighted by atomic mass is 19.1. The summed E-state index contributed by atoms with van der Waals surface area (Å²) in [4.78, 5) is 9.59. The Hall–Kier alpha value is -3.20. The number of likely N-dealkylation sites (N-methyl/N-ethyl adjacent to an activating group) is 1. The summed E-state index contributed by atoms with van der Waals surface area (Å²) in [7, 11) is 2.21. The molecule has 0 spiro atoms. The minimum atomic E-state index is -0.541. The number of hydrogen-bond donors (Lipinski definition) is 1. The highest BCUT2D eigenvalue weighted by molar-refractivity contribution is 6.00. The van der Waals surface area contributed by atoms with Crippen molar-refractivity contribution in [1.29, 1.82) is 0 Å². The van der Waals surface area contributed by atoms with Crippen molar-refractivity contribution in [3.63, 3.8) is 0 Å². The molecule has 3 saturated heterocycles. The first-order valence-corrected chi connectivity index (χ1v) is 10.2. The maximum Gasteiger partial charge on any atom is 0.178 e. The Balaban J connectivity index is 1.39. The van der Waals surface area contributed by atoms with Crippen LogP contribution in [0.15, 0.2) is 36.8 Å². The first kappa shape index (κ1) is 17.6. The molecule has 7 heterocycles. The number of anilines is 1. The number of piperazine rings is 1. The fraction of sp³-hybridized carbons (Fsp3) is 0.381. The first-order chi connectivity index (χ1) is 14.7. The Morgan fingerprint density at radius 2 is 2.10 bits per heavy atom. The second-order valence-electron chi connectivity index (χ2n) is 8.07. The zero-order valence-electron chi connectivity index (χ0n) is 16.6. The van der Waals surface area contributed by atoms with Crippen molar-refractivity contribution in [3.8, 4) is 16.9 Å². The number of pyridine rings is 2. The SMILES string of the molecule is CN1C2CC1CN(c1ccc(-c3cc(OCCF)cn4nc5[nH]ncc5c34)cn1)C2. The fourth-order valence-corrected chi connectivity index (χ4v) is 4.71. The van der Waals surface area contributed by atoms with Gasteiger partial charge in [-0.2, -0.15) is 5.10 Å². The first-order valence-electron chi connectivity index (χ1n) is 10.2. The van der Waals surface area contributed by atoms with Gasteiger partial charge < -0.3 is 9.64 Å². The van der Waals surface area contributed by atoms with E-state index in [1.165, 1.54) is 6.42 Å². The summed E-state index contributed by atoms with van der Waals surface area (Å²) in [5.41, 5.74) is 3.49. The number of nitrogens with zero attached hydrogens (tertiary/aromatic N) is 6. The van der Waals surface area contributed by atoms with Gasteiger partial charge in [-0.3, -0.25) is 10.00 Å². The third kappa shape index (κ3) is 2.65. The number of halogens is 1. The standard InChI is InChI=1S/C21H22FN7O/c1-27-14-6-15(27)11-28(10-14)19-3-2-13(8-23-19)17-7-16(30-5-4-22)12-29-20(17)18-9-24-25-21(18)26-29/h2-3,7-9,12,14-15H,4-6,10-11H2,1H3,(H,25,26). The summed E-state index contributed by atoms with van der Waals surface area (Å²) in [6.45, 7) is 1.51. The highest BCUT2D eigenvalue weighted by Gasteiger charge is 2.42. The van der Waals surface area contributed by atoms with Crippen LogP contribution >= 0.6 is 0 Å². The van der Waals surface area contributed by atoms with Crippen LogP contribution in [0.1, 0.15) is 6.42 Å². The van der Waals surface area contributed by atoms with Gasteiger partial charge in [0.05, 0.1) is 23.3 Å². The zero-order chi connectivity index (χ0) is 20.2. The number of rotatable bonds is 5. The molecule has 8 nitrogen and oxygen atoms in total. The normalized spacial score (nSPS) is 21.3. The molecule has 0 amide bonds. The van der Waals surface area contributed by atoms with E-state index in [1.54, 1.807) is 16.9 Å². The van der Waals surface area contributed by atoms with Crippen molar-refractivity contribution in [2.24, 2.45) is 0 Å². The Kier molecular flexibility index (Phi) is 3.92. The lowest BCUT2D eigenvalue weighted by Gasteiger charge is -2.55. The van der Waals surface area contributed by atoms with Crippen molar-refractivity contribution in [2.45, 2.75) is 18.5 Å². The molecule has 4 aromatic heterocycles. The molecule has 0 aliphatic carbocycles. The second kappa shape index (κ2) is 6.66. The van der Waals surface area contributed by atoms with E-state index in [4.69, 9.17) is 9.72 Å². The van der Waals surface area contributed by atoms with Crippen molar-refractivity contribution in [1.82, 2.24) is 29.7 Å².